The molecule has 1 saturated carbocycles. The van der Waals surface area contributed by atoms with Crippen LogP contribution in [0.4, 0.5) is 14.6 Å². The third kappa shape index (κ3) is 5.45. The van der Waals surface area contributed by atoms with Crippen molar-refractivity contribution in [3.63, 3.8) is 0 Å². The molecule has 1 fully saturated rings. The Kier molecular flexibility index (Phi) is 8.05. The Labute approximate surface area is 235 Å². The zero-order chi connectivity index (χ0) is 27.7. The highest BCUT2D eigenvalue weighted by Crippen LogP contribution is 2.41. The molecule has 1 aliphatic carbocycles. The normalized spacial score (nSPS) is 17.4. The van der Waals surface area contributed by atoms with E-state index in [0.29, 0.717) is 17.5 Å². The van der Waals surface area contributed by atoms with Crippen molar-refractivity contribution in [2.75, 3.05) is 12.8 Å². The van der Waals surface area contributed by atoms with E-state index in [1.807, 2.05) is 24.3 Å². The van der Waals surface area contributed by atoms with Crippen LogP contribution in [-0.4, -0.2) is 28.9 Å². The lowest BCUT2D eigenvalue weighted by Gasteiger charge is -2.37. The third-order valence-electron chi connectivity index (χ3n) is 7.71. The van der Waals surface area contributed by atoms with Gasteiger partial charge >= 0.3 is 0 Å². The summed E-state index contributed by atoms with van der Waals surface area (Å²) in [5.74, 6) is 0.101. The topological polar surface area (TPSA) is 68.5 Å². The lowest BCUT2D eigenvalue weighted by Crippen LogP contribution is -2.41. The average molecular weight is 570 g/mol. The summed E-state index contributed by atoms with van der Waals surface area (Å²) in [6.07, 6.45) is 6.48. The summed E-state index contributed by atoms with van der Waals surface area (Å²) < 4.78 is 34.9. The predicted molar refractivity (Wildman–Crippen MR) is 153 cm³/mol. The fourth-order valence-electron chi connectivity index (χ4n) is 5.49. The first-order chi connectivity index (χ1) is 18.8. The van der Waals surface area contributed by atoms with E-state index in [1.54, 1.807) is 24.3 Å². The van der Waals surface area contributed by atoms with Crippen LogP contribution in [0.25, 0.3) is 21.2 Å². The van der Waals surface area contributed by atoms with Gasteiger partial charge in [0, 0.05) is 24.3 Å². The first kappa shape index (κ1) is 27.3. The van der Waals surface area contributed by atoms with Gasteiger partial charge in [-0.3, -0.25) is 4.79 Å². The van der Waals surface area contributed by atoms with Crippen LogP contribution in [0.3, 0.4) is 0 Å². The van der Waals surface area contributed by atoms with Gasteiger partial charge in [0.05, 0.1) is 22.2 Å². The Morgan fingerprint density at radius 2 is 1.82 bits per heavy atom. The second kappa shape index (κ2) is 11.5. The van der Waals surface area contributed by atoms with Crippen LogP contribution in [0.2, 0.25) is 5.02 Å². The van der Waals surface area contributed by atoms with Crippen LogP contribution in [0.15, 0.2) is 48.7 Å². The first-order valence-corrected chi connectivity index (χ1v) is 14.3. The number of benzene rings is 2. The second-order valence-electron chi connectivity index (χ2n) is 9.99. The summed E-state index contributed by atoms with van der Waals surface area (Å²) in [7, 11) is 1.59. The van der Waals surface area contributed by atoms with Crippen LogP contribution >= 0.6 is 22.9 Å². The van der Waals surface area contributed by atoms with Crippen LogP contribution in [0.1, 0.15) is 54.3 Å². The molecule has 2 aromatic heterocycles. The molecule has 39 heavy (non-hydrogen) atoms. The molecule has 9 heteroatoms. The summed E-state index contributed by atoms with van der Waals surface area (Å²) in [6, 6.07) is 11.5. The number of amides is 1. The highest BCUT2D eigenvalue weighted by molar-refractivity contribution is 7.21. The first-order valence-electron chi connectivity index (χ1n) is 13.1. The maximum absolute atomic E-state index is 14.6. The second-order valence-corrected chi connectivity index (χ2v) is 11.4. The zero-order valence-corrected chi connectivity index (χ0v) is 23.4. The SMILES string of the molecule is CCC1CCC(N(Cc2cc(-c3ccnc(N)c3)ccc2OC)C(=O)c2sc3c(F)ccc(F)c3c2Cl)CC1. The minimum Gasteiger partial charge on any atom is -0.496 e. The maximum atomic E-state index is 14.6. The Morgan fingerprint density at radius 3 is 2.49 bits per heavy atom. The van der Waals surface area contributed by atoms with E-state index in [4.69, 9.17) is 22.1 Å². The van der Waals surface area contributed by atoms with Crippen molar-refractivity contribution in [3.05, 3.63) is 75.8 Å². The average Bonchev–Trinajstić information content (AvgIpc) is 3.31. The number of hydrogen-bond donors (Lipinski definition) is 1. The number of rotatable bonds is 7. The summed E-state index contributed by atoms with van der Waals surface area (Å²) in [5.41, 5.74) is 8.52. The number of pyridine rings is 1. The molecule has 0 bridgehead atoms. The van der Waals surface area contributed by atoms with Crippen molar-refractivity contribution in [1.29, 1.82) is 0 Å². The molecule has 2 heterocycles. The molecule has 0 saturated heterocycles. The van der Waals surface area contributed by atoms with Gasteiger partial charge in [0.25, 0.3) is 5.91 Å². The van der Waals surface area contributed by atoms with E-state index in [2.05, 4.69) is 11.9 Å². The van der Waals surface area contributed by atoms with E-state index >= 15 is 0 Å². The highest BCUT2D eigenvalue weighted by atomic mass is 35.5. The number of halogens is 3. The van der Waals surface area contributed by atoms with Gasteiger partial charge in [-0.05, 0) is 79.1 Å². The van der Waals surface area contributed by atoms with Crippen LogP contribution in [0.5, 0.6) is 5.75 Å². The molecule has 1 aliphatic rings. The molecule has 204 valence electrons. The molecule has 0 atom stereocenters. The number of nitrogens with zero attached hydrogens (tertiary/aromatic N) is 2. The molecule has 4 aromatic rings. The minimum atomic E-state index is -0.646. The maximum Gasteiger partial charge on any atom is 0.266 e. The van der Waals surface area contributed by atoms with Crippen molar-refractivity contribution in [2.24, 2.45) is 5.92 Å². The number of fused-ring (bicyclic) bond motifs is 1. The van der Waals surface area contributed by atoms with Crippen LogP contribution < -0.4 is 10.5 Å². The number of methoxy groups -OCH3 is 1. The number of nitrogens with two attached hydrogens (primary N) is 1. The molecule has 5 nitrogen and oxygen atoms in total. The largest absolute Gasteiger partial charge is 0.496 e. The Hall–Kier alpha value is -3.23. The number of aromatic nitrogens is 1. The van der Waals surface area contributed by atoms with Gasteiger partial charge in [-0.15, -0.1) is 11.3 Å². The number of hydrogen-bond acceptors (Lipinski definition) is 5. The number of carbonyl (C=O) groups excluding carboxylic acids is 1. The Morgan fingerprint density at radius 1 is 1.10 bits per heavy atom. The molecule has 0 unspecified atom stereocenters. The number of thiophene rings is 1. The number of anilines is 1. The third-order valence-corrected chi connectivity index (χ3v) is 9.38. The molecular formula is C30H30ClF2N3O2S. The fourth-order valence-corrected chi connectivity index (χ4v) is 7.00. The molecule has 0 spiro atoms. The Balaban J connectivity index is 1.56. The number of carbonyl (C=O) groups is 1. The summed E-state index contributed by atoms with van der Waals surface area (Å²) in [6.45, 7) is 2.45. The number of nitrogen functional groups attached to an aromatic ring is 1. The minimum absolute atomic E-state index is 0.0406. The fraction of sp³-hybridized carbons (Fsp3) is 0.333. The molecule has 2 N–H and O–H groups in total. The Bertz CT molecular complexity index is 1520. The van der Waals surface area contributed by atoms with Gasteiger partial charge in [-0.25, -0.2) is 13.8 Å². The van der Waals surface area contributed by atoms with Crippen molar-refractivity contribution < 1.29 is 18.3 Å². The van der Waals surface area contributed by atoms with Crippen LogP contribution in [0, 0.1) is 17.6 Å². The van der Waals surface area contributed by atoms with E-state index in [9.17, 15) is 13.6 Å². The molecular weight excluding hydrogens is 540 g/mol. The quantitative estimate of drug-likeness (QED) is 0.244. The summed E-state index contributed by atoms with van der Waals surface area (Å²) in [5, 5.41) is -0.0910. The molecule has 1 amide bonds. The lowest BCUT2D eigenvalue weighted by atomic mass is 9.83. The summed E-state index contributed by atoms with van der Waals surface area (Å²) in [4.78, 5) is 20.2. The van der Waals surface area contributed by atoms with E-state index in [0.717, 1.165) is 72.3 Å². The zero-order valence-electron chi connectivity index (χ0n) is 21.8. The van der Waals surface area contributed by atoms with E-state index in [-0.39, 0.29) is 38.5 Å². The molecule has 2 aromatic carbocycles. The van der Waals surface area contributed by atoms with Gasteiger partial charge in [0.2, 0.25) is 0 Å². The monoisotopic (exact) mass is 569 g/mol. The van der Waals surface area contributed by atoms with Gasteiger partial charge in [0.1, 0.15) is 28.1 Å². The van der Waals surface area contributed by atoms with Gasteiger partial charge in [-0.1, -0.05) is 31.0 Å². The molecule has 0 radical (unpaired) electrons. The molecule has 5 rings (SSSR count). The van der Waals surface area contributed by atoms with Crippen molar-refractivity contribution >= 4 is 44.7 Å². The predicted octanol–water partition coefficient (Wildman–Crippen LogP) is 8.10. The van der Waals surface area contributed by atoms with Crippen molar-refractivity contribution in [3.8, 4) is 16.9 Å². The van der Waals surface area contributed by atoms with Crippen molar-refractivity contribution in [1.82, 2.24) is 9.88 Å². The van der Waals surface area contributed by atoms with Crippen molar-refractivity contribution in [2.45, 2.75) is 51.6 Å². The summed E-state index contributed by atoms with van der Waals surface area (Å²) >= 11 is 7.46. The van der Waals surface area contributed by atoms with E-state index in [1.165, 1.54) is 0 Å². The van der Waals surface area contributed by atoms with E-state index < -0.39 is 11.6 Å². The van der Waals surface area contributed by atoms with Gasteiger partial charge in [-0.2, -0.15) is 0 Å². The smallest absolute Gasteiger partial charge is 0.266 e. The standard InChI is InChI=1S/C30H30ClF2N3O2S/c1-3-17-4-7-21(8-5-17)36(30(37)29-27(31)26-22(32)9-10-23(33)28(26)39-29)16-20-14-18(6-11-24(20)38-2)19-12-13-35-25(34)15-19/h6,9-15,17,21H,3-5,7-8,16H2,1-2H3,(H2,34,35). The van der Waals surface area contributed by atoms with Crippen LogP contribution in [-0.2, 0) is 6.54 Å². The van der Waals surface area contributed by atoms with Gasteiger partial charge < -0.3 is 15.4 Å². The lowest BCUT2D eigenvalue weighted by molar-refractivity contribution is 0.0591. The molecule has 0 aliphatic heterocycles. The number of ether oxygens (including phenoxy) is 1. The highest BCUT2D eigenvalue weighted by Gasteiger charge is 2.33. The van der Waals surface area contributed by atoms with Gasteiger partial charge in [0.15, 0.2) is 0 Å².